The lowest BCUT2D eigenvalue weighted by atomic mass is 9.91. The molecule has 0 spiro atoms. The van der Waals surface area contributed by atoms with E-state index in [1.165, 1.54) is 6.42 Å². The van der Waals surface area contributed by atoms with Gasteiger partial charge in [0.2, 0.25) is 0 Å². The maximum Gasteiger partial charge on any atom is 0.164 e. The van der Waals surface area contributed by atoms with Crippen molar-refractivity contribution < 1.29 is 23.7 Å². The lowest BCUT2D eigenvalue weighted by Gasteiger charge is -2.20. The minimum absolute atomic E-state index is 0.112. The average molecular weight is 969 g/mol. The number of benzene rings is 4. The largest absolute Gasteiger partial charge is 0.489 e. The summed E-state index contributed by atoms with van der Waals surface area (Å²) in [5.74, 6) is 4.37. The van der Waals surface area contributed by atoms with E-state index in [-0.39, 0.29) is 36.6 Å². The second-order valence-electron chi connectivity index (χ2n) is 21.1. The van der Waals surface area contributed by atoms with E-state index in [1.54, 1.807) is 0 Å². The Hall–Kier alpha value is -7.06. The number of hydrogen-bond acceptors (Lipinski definition) is 11. The molecular weight excluding hydrogens is 913 g/mol. The van der Waals surface area contributed by atoms with Gasteiger partial charge in [-0.1, -0.05) is 103 Å². The minimum atomic E-state index is -0.125. The number of H-pyrrole nitrogens is 2. The molecule has 13 heteroatoms. The average Bonchev–Trinajstić information content (AvgIpc) is 4.29. The van der Waals surface area contributed by atoms with E-state index in [4.69, 9.17) is 53.6 Å². The van der Waals surface area contributed by atoms with E-state index in [0.717, 1.165) is 122 Å². The first-order valence-electron chi connectivity index (χ1n) is 26.7. The number of ether oxygens (including phenoxy) is 5. The van der Waals surface area contributed by atoms with Crippen molar-refractivity contribution in [1.82, 2.24) is 39.9 Å². The van der Waals surface area contributed by atoms with Crippen LogP contribution in [0.5, 0.6) is 11.5 Å². The highest BCUT2D eigenvalue weighted by atomic mass is 16.5. The Morgan fingerprint density at radius 3 is 1.07 bits per heavy atom. The van der Waals surface area contributed by atoms with Gasteiger partial charge in [-0.15, -0.1) is 0 Å². The summed E-state index contributed by atoms with van der Waals surface area (Å²) in [5.41, 5.74) is 12.8. The third-order valence-electron chi connectivity index (χ3n) is 16.6. The van der Waals surface area contributed by atoms with Crippen molar-refractivity contribution in [2.45, 2.75) is 116 Å². The molecule has 8 aliphatic heterocycles. The lowest BCUT2D eigenvalue weighted by Crippen LogP contribution is -2.14. The highest BCUT2D eigenvalue weighted by molar-refractivity contribution is 6.09. The van der Waals surface area contributed by atoms with Gasteiger partial charge in [0, 0.05) is 43.8 Å². The maximum atomic E-state index is 6.89. The van der Waals surface area contributed by atoms with Crippen molar-refractivity contribution in [1.29, 1.82) is 0 Å². The van der Waals surface area contributed by atoms with Gasteiger partial charge in [-0.2, -0.15) is 0 Å². The van der Waals surface area contributed by atoms with Crippen LogP contribution < -0.4 is 9.47 Å². The smallest absolute Gasteiger partial charge is 0.164 e. The number of hydrogen-bond donors (Lipinski definition) is 2. The molecule has 2 N–H and O–H groups in total. The molecule has 14 bridgehead atoms. The van der Waals surface area contributed by atoms with E-state index in [0.29, 0.717) is 82.4 Å². The van der Waals surface area contributed by atoms with Crippen LogP contribution in [0.3, 0.4) is 0 Å². The maximum absolute atomic E-state index is 6.89. The van der Waals surface area contributed by atoms with Crippen molar-refractivity contribution in [3.8, 4) is 57.1 Å². The molecule has 73 heavy (non-hydrogen) atoms. The summed E-state index contributed by atoms with van der Waals surface area (Å²) in [5, 5.41) is 3.54. The van der Waals surface area contributed by atoms with Crippen molar-refractivity contribution in [2.24, 2.45) is 11.8 Å². The third kappa shape index (κ3) is 6.84. The van der Waals surface area contributed by atoms with E-state index in [2.05, 4.69) is 123 Å². The second kappa shape index (κ2) is 16.7. The molecule has 15 rings (SSSR count). The van der Waals surface area contributed by atoms with Crippen molar-refractivity contribution in [3.63, 3.8) is 0 Å². The Morgan fingerprint density at radius 2 is 0.726 bits per heavy atom. The second-order valence-corrected chi connectivity index (χ2v) is 21.1. The first-order chi connectivity index (χ1) is 35.9. The van der Waals surface area contributed by atoms with Crippen LogP contribution in [0.4, 0.5) is 0 Å². The molecule has 366 valence electrons. The highest BCUT2D eigenvalue weighted by Crippen LogP contribution is 2.53. The Bertz CT molecular complexity index is 3780. The van der Waals surface area contributed by atoms with Crippen LogP contribution in [-0.4, -0.2) is 53.1 Å². The Balaban J connectivity index is 1.01. The zero-order valence-electron chi connectivity index (χ0n) is 41.5. The third-order valence-corrected chi connectivity index (χ3v) is 16.6. The van der Waals surface area contributed by atoms with Gasteiger partial charge < -0.3 is 33.7 Å². The van der Waals surface area contributed by atoms with Gasteiger partial charge >= 0.3 is 0 Å². The number of unbranched alkanes of at least 4 members (excludes halogenated alkanes) is 2. The fourth-order valence-corrected chi connectivity index (χ4v) is 12.4. The fourth-order valence-electron chi connectivity index (χ4n) is 12.4. The highest BCUT2D eigenvalue weighted by Gasteiger charge is 2.39. The fraction of sp³-hybridized carbons (Fsp3) is 0.367. The van der Waals surface area contributed by atoms with Gasteiger partial charge in [-0.3, -0.25) is 0 Å². The minimum Gasteiger partial charge on any atom is -0.489 e. The summed E-state index contributed by atoms with van der Waals surface area (Å²) in [7, 11) is 0. The molecule has 0 radical (unpaired) electrons. The summed E-state index contributed by atoms with van der Waals surface area (Å²) in [6, 6.07) is 17.4. The molecule has 8 atom stereocenters. The summed E-state index contributed by atoms with van der Waals surface area (Å²) >= 11 is 0. The molecule has 0 saturated heterocycles. The number of aromatic amines is 2. The normalized spacial score (nSPS) is 22.4. The van der Waals surface area contributed by atoms with Gasteiger partial charge in [0.15, 0.2) is 34.8 Å². The molecule has 0 amide bonds. The number of nitrogens with one attached hydrogen (secondary N) is 2. The summed E-state index contributed by atoms with van der Waals surface area (Å²) in [4.78, 5) is 39.9. The SMILES string of the molecule is CCCCC(CC)COc1cc2c3nc4nc(nc5nc(nc6[nH]c(nc([nH]3)c2cc1OCC(CC)CCCC)c1cc2c(cc61)[C@H]1C=C[C@@H]2O1)-c1cc2c(cc1-5)[C@@H]1C=C[C@H]2O1)-c1cc2c(cc1-4)[C@@H]1C=C[C@H]2O1. The summed E-state index contributed by atoms with van der Waals surface area (Å²) < 4.78 is 32.9. The molecular formula is C60H56N8O5. The van der Waals surface area contributed by atoms with Crippen LogP contribution in [0.1, 0.15) is 149 Å². The van der Waals surface area contributed by atoms with Gasteiger partial charge in [-0.05, 0) is 107 Å². The van der Waals surface area contributed by atoms with E-state index in [9.17, 15) is 0 Å². The molecule has 2 unspecified atom stereocenters. The molecule has 8 aliphatic rings. The van der Waals surface area contributed by atoms with Crippen molar-refractivity contribution in [3.05, 3.63) is 118 Å². The van der Waals surface area contributed by atoms with Gasteiger partial charge in [0.05, 0.1) is 13.2 Å². The van der Waals surface area contributed by atoms with Gasteiger partial charge in [-0.25, -0.2) is 29.9 Å². The predicted octanol–water partition coefficient (Wildman–Crippen LogP) is 14.1. The zero-order valence-corrected chi connectivity index (χ0v) is 41.5. The topological polar surface area (TPSA) is 155 Å². The van der Waals surface area contributed by atoms with Crippen molar-refractivity contribution in [2.75, 3.05) is 13.2 Å². The predicted molar refractivity (Wildman–Crippen MR) is 281 cm³/mol. The number of aromatic nitrogens is 8. The van der Waals surface area contributed by atoms with Gasteiger partial charge in [0.25, 0.3) is 0 Å². The molecule has 0 aliphatic carbocycles. The van der Waals surface area contributed by atoms with E-state index < -0.39 is 0 Å². The summed E-state index contributed by atoms with van der Waals surface area (Å²) in [6.07, 6.45) is 21.0. The standard InChI is InChI=1S/C60H56N8O5/c1-5-9-11-29(7-3)27-69-51-25-43-44(26-52(51)70-28-30(8-4)12-10-6-2)60-67-58-42-24-36-34(48-16-18-50(36)73-48)22-40(42)56(65-58)63-54-38-20-32-31(45-13-14-46(32)71-45)19-37(38)53(61-54)62-55-39-21-33-35(49-17-15-47(33)72-49)23-41(39)57(64-55)66-59(43)68-60/h13-26,29-30,45-50H,5-12,27-28H2,1-4H3,(H2,61,62,63,64,65,66,67,68)/t29?,30?,45-,46+,47-,48-,49+,50+/m1/s1. The van der Waals surface area contributed by atoms with Crippen LogP contribution in [0.15, 0.2) is 85.0 Å². The molecule has 13 nitrogen and oxygen atoms in total. The molecule has 7 aromatic rings. The van der Waals surface area contributed by atoms with Crippen LogP contribution in [0.2, 0.25) is 0 Å². The van der Waals surface area contributed by atoms with Crippen LogP contribution in [0, 0.1) is 11.8 Å². The van der Waals surface area contributed by atoms with E-state index in [1.807, 2.05) is 0 Å². The number of fused-ring (bicyclic) bond motifs is 35. The molecule has 3 aromatic heterocycles. The van der Waals surface area contributed by atoms with E-state index >= 15 is 0 Å². The Labute approximate surface area is 422 Å². The van der Waals surface area contributed by atoms with Crippen LogP contribution in [0.25, 0.3) is 89.7 Å². The zero-order chi connectivity index (χ0) is 48.6. The van der Waals surface area contributed by atoms with Crippen LogP contribution in [-0.2, 0) is 14.2 Å². The first-order valence-corrected chi connectivity index (χ1v) is 26.7. The molecule has 4 aromatic carbocycles. The number of nitrogens with zero attached hydrogens (tertiary/aromatic N) is 6. The Morgan fingerprint density at radius 1 is 0.411 bits per heavy atom. The van der Waals surface area contributed by atoms with Gasteiger partial charge in [0.1, 0.15) is 59.2 Å². The lowest BCUT2D eigenvalue weighted by molar-refractivity contribution is 0.0877. The molecule has 0 fully saturated rings. The number of rotatable bonds is 14. The van der Waals surface area contributed by atoms with Crippen molar-refractivity contribution >= 4 is 44.1 Å². The monoisotopic (exact) mass is 968 g/mol. The quantitative estimate of drug-likeness (QED) is 0.100. The first kappa shape index (κ1) is 43.5. The van der Waals surface area contributed by atoms with Crippen LogP contribution >= 0.6 is 0 Å². The molecule has 11 heterocycles. The summed E-state index contributed by atoms with van der Waals surface area (Å²) in [6.45, 7) is 10.2. The Kier molecular flexibility index (Phi) is 9.98. The molecule has 0 saturated carbocycles.